The van der Waals surface area contributed by atoms with Crippen molar-refractivity contribution in [2.45, 2.75) is 60.4 Å². The maximum absolute atomic E-state index is 11.5. The molecule has 0 bridgehead atoms. The third kappa shape index (κ3) is 8.35. The average Bonchev–Trinajstić information content (AvgIpc) is 2.57. The molecule has 0 unspecified atom stereocenters. The molecule has 0 atom stereocenters. The van der Waals surface area contributed by atoms with Crippen molar-refractivity contribution in [3.05, 3.63) is 0 Å². The first-order valence-electron chi connectivity index (χ1n) is 8.49. The molecule has 2 N–H and O–H groups in total. The number of nitrogens with zero attached hydrogens (tertiary/aromatic N) is 3. The number of rotatable bonds is 4. The van der Waals surface area contributed by atoms with Crippen molar-refractivity contribution in [1.29, 1.82) is 5.26 Å². The molecule has 1 fully saturated rings. The van der Waals surface area contributed by atoms with E-state index in [1.54, 1.807) is 0 Å². The highest BCUT2D eigenvalue weighted by Crippen LogP contribution is 2.21. The molecule has 22 heavy (non-hydrogen) atoms. The molecule has 0 aromatic rings. The quantitative estimate of drug-likeness (QED) is 0.865. The summed E-state index contributed by atoms with van der Waals surface area (Å²) in [4.78, 5) is 15.5. The van der Waals surface area contributed by atoms with E-state index in [0.29, 0.717) is 6.04 Å². The lowest BCUT2D eigenvalue weighted by Gasteiger charge is -2.38. The summed E-state index contributed by atoms with van der Waals surface area (Å²) in [7, 11) is 2.06. The first kappa shape index (κ1) is 23.2. The number of carbonyl (C=O) groups is 1. The molecule has 5 nitrogen and oxygen atoms in total. The molecule has 0 aromatic heterocycles. The molecule has 1 heterocycles. The van der Waals surface area contributed by atoms with Crippen LogP contribution in [0, 0.1) is 16.7 Å². The number of amides is 1. The molecule has 0 saturated carbocycles. The number of hydrogen-bond acceptors (Lipinski definition) is 4. The van der Waals surface area contributed by atoms with Crippen LogP contribution >= 0.6 is 0 Å². The Bertz CT molecular complexity index is 328. The molecule has 1 aliphatic rings. The van der Waals surface area contributed by atoms with Crippen molar-refractivity contribution in [3.8, 4) is 6.07 Å². The molecule has 0 aliphatic carbocycles. The van der Waals surface area contributed by atoms with Gasteiger partial charge in [-0.05, 0) is 33.7 Å². The van der Waals surface area contributed by atoms with E-state index < -0.39 is 0 Å². The highest BCUT2D eigenvalue weighted by molar-refractivity contribution is 5.78. The molecule has 1 amide bonds. The first-order valence-corrected chi connectivity index (χ1v) is 8.49. The second-order valence-corrected chi connectivity index (χ2v) is 5.73. The third-order valence-electron chi connectivity index (χ3n) is 3.56. The standard InChI is InChI=1S/C13H24N4O.2C2H6/c1-13(2,9-15)10-16(3)11-4-6-17(7-5-11)12(18)8-14;2*1-2/h11H,4-8,10,14H2,1-3H3;2*1-2H3. The van der Waals surface area contributed by atoms with Gasteiger partial charge in [-0.3, -0.25) is 4.79 Å². The molecular weight excluding hydrogens is 276 g/mol. The Balaban J connectivity index is 0. The van der Waals surface area contributed by atoms with Gasteiger partial charge in [-0.2, -0.15) is 5.26 Å². The average molecular weight is 313 g/mol. The van der Waals surface area contributed by atoms with Gasteiger partial charge < -0.3 is 15.5 Å². The van der Waals surface area contributed by atoms with Gasteiger partial charge in [0, 0.05) is 25.7 Å². The molecule has 0 radical (unpaired) electrons. The van der Waals surface area contributed by atoms with E-state index in [0.717, 1.165) is 32.5 Å². The van der Waals surface area contributed by atoms with E-state index in [1.807, 2.05) is 46.4 Å². The van der Waals surface area contributed by atoms with Gasteiger partial charge in [0.1, 0.15) is 0 Å². The molecule has 1 saturated heterocycles. The summed E-state index contributed by atoms with van der Waals surface area (Å²) in [6, 6.07) is 2.78. The Morgan fingerprint density at radius 3 is 2.09 bits per heavy atom. The summed E-state index contributed by atoms with van der Waals surface area (Å²) in [5.74, 6) is 0.0356. The minimum Gasteiger partial charge on any atom is -0.341 e. The number of nitrogens with two attached hydrogens (primary N) is 1. The minimum absolute atomic E-state index is 0.0356. The Kier molecular flexibility index (Phi) is 13.1. The van der Waals surface area contributed by atoms with Crippen molar-refractivity contribution in [2.75, 3.05) is 33.2 Å². The molecule has 0 spiro atoms. The van der Waals surface area contributed by atoms with Crippen LogP contribution in [0.25, 0.3) is 0 Å². The van der Waals surface area contributed by atoms with Gasteiger partial charge in [-0.15, -0.1) is 0 Å². The predicted molar refractivity (Wildman–Crippen MR) is 93.4 cm³/mol. The fourth-order valence-corrected chi connectivity index (χ4v) is 2.47. The van der Waals surface area contributed by atoms with Crippen LogP contribution in [0.15, 0.2) is 0 Å². The topological polar surface area (TPSA) is 73.4 Å². The van der Waals surface area contributed by atoms with Crippen LogP contribution in [-0.2, 0) is 4.79 Å². The second-order valence-electron chi connectivity index (χ2n) is 5.73. The van der Waals surface area contributed by atoms with Crippen LogP contribution in [0.3, 0.4) is 0 Å². The van der Waals surface area contributed by atoms with Gasteiger partial charge in [0.05, 0.1) is 18.0 Å². The lowest BCUT2D eigenvalue weighted by Crippen LogP contribution is -2.48. The fraction of sp³-hybridized carbons (Fsp3) is 0.882. The predicted octanol–water partition coefficient (Wildman–Crippen LogP) is 2.47. The summed E-state index contributed by atoms with van der Waals surface area (Å²) in [6.07, 6.45) is 1.92. The van der Waals surface area contributed by atoms with Crippen LogP contribution in [0.1, 0.15) is 54.4 Å². The van der Waals surface area contributed by atoms with E-state index in [1.165, 1.54) is 0 Å². The van der Waals surface area contributed by atoms with Gasteiger partial charge in [0.25, 0.3) is 0 Å². The van der Waals surface area contributed by atoms with Crippen LogP contribution < -0.4 is 5.73 Å². The number of carbonyl (C=O) groups excluding carboxylic acids is 1. The van der Waals surface area contributed by atoms with Crippen molar-refractivity contribution >= 4 is 5.91 Å². The van der Waals surface area contributed by atoms with Gasteiger partial charge in [-0.1, -0.05) is 27.7 Å². The molecule has 1 aliphatic heterocycles. The van der Waals surface area contributed by atoms with Crippen molar-refractivity contribution in [1.82, 2.24) is 9.80 Å². The lowest BCUT2D eigenvalue weighted by atomic mass is 9.93. The van der Waals surface area contributed by atoms with Crippen molar-refractivity contribution < 1.29 is 4.79 Å². The largest absolute Gasteiger partial charge is 0.341 e. The smallest absolute Gasteiger partial charge is 0.236 e. The van der Waals surface area contributed by atoms with Crippen LogP contribution in [-0.4, -0.2) is 55.0 Å². The Morgan fingerprint density at radius 1 is 1.27 bits per heavy atom. The summed E-state index contributed by atoms with van der Waals surface area (Å²) >= 11 is 0. The minimum atomic E-state index is -0.320. The van der Waals surface area contributed by atoms with E-state index in [9.17, 15) is 4.79 Å². The highest BCUT2D eigenvalue weighted by atomic mass is 16.2. The third-order valence-corrected chi connectivity index (χ3v) is 3.56. The normalized spacial score (nSPS) is 15.2. The molecule has 5 heteroatoms. The van der Waals surface area contributed by atoms with Gasteiger partial charge in [0.2, 0.25) is 5.91 Å². The Morgan fingerprint density at radius 2 is 1.73 bits per heavy atom. The summed E-state index contributed by atoms with van der Waals surface area (Å²) in [5, 5.41) is 9.04. The van der Waals surface area contributed by atoms with Gasteiger partial charge in [0.15, 0.2) is 0 Å². The molecule has 0 aromatic carbocycles. The Hall–Kier alpha value is -1.12. The summed E-state index contributed by atoms with van der Waals surface area (Å²) in [5.41, 5.74) is 5.04. The second kappa shape index (κ2) is 12.4. The van der Waals surface area contributed by atoms with E-state index in [4.69, 9.17) is 11.0 Å². The lowest BCUT2D eigenvalue weighted by molar-refractivity contribution is -0.131. The van der Waals surface area contributed by atoms with E-state index >= 15 is 0 Å². The van der Waals surface area contributed by atoms with Crippen LogP contribution in [0.5, 0.6) is 0 Å². The fourth-order valence-electron chi connectivity index (χ4n) is 2.47. The first-order chi connectivity index (χ1) is 10.4. The zero-order chi connectivity index (χ0) is 17.8. The SMILES string of the molecule is CC.CC.CN(CC(C)(C)C#N)C1CCN(C(=O)CN)CC1. The maximum Gasteiger partial charge on any atom is 0.236 e. The number of piperidine rings is 1. The van der Waals surface area contributed by atoms with Gasteiger partial charge in [-0.25, -0.2) is 0 Å². The zero-order valence-corrected chi connectivity index (χ0v) is 15.6. The molecule has 1 rings (SSSR count). The summed E-state index contributed by atoms with van der Waals surface area (Å²) in [6.45, 7) is 14.3. The zero-order valence-electron chi connectivity index (χ0n) is 15.6. The maximum atomic E-state index is 11.5. The number of hydrogen-bond donors (Lipinski definition) is 1. The monoisotopic (exact) mass is 312 g/mol. The van der Waals surface area contributed by atoms with Crippen molar-refractivity contribution in [3.63, 3.8) is 0 Å². The van der Waals surface area contributed by atoms with E-state index in [2.05, 4.69) is 18.0 Å². The highest BCUT2D eigenvalue weighted by Gasteiger charge is 2.28. The Labute approximate surface area is 137 Å². The van der Waals surface area contributed by atoms with Crippen LogP contribution in [0.4, 0.5) is 0 Å². The molecular formula is C17H36N4O. The van der Waals surface area contributed by atoms with E-state index in [-0.39, 0.29) is 17.9 Å². The number of likely N-dealkylation sites (tertiary alicyclic amines) is 1. The number of nitriles is 1. The van der Waals surface area contributed by atoms with Crippen LogP contribution in [0.2, 0.25) is 0 Å². The van der Waals surface area contributed by atoms with Crippen molar-refractivity contribution in [2.24, 2.45) is 11.1 Å². The molecule has 130 valence electrons. The van der Waals surface area contributed by atoms with Gasteiger partial charge >= 0.3 is 0 Å². The summed E-state index contributed by atoms with van der Waals surface area (Å²) < 4.78 is 0.